The van der Waals surface area contributed by atoms with Crippen molar-refractivity contribution in [3.8, 4) is 6.07 Å². The fourth-order valence-corrected chi connectivity index (χ4v) is 1.87. The standard InChI is InChI=1S/C11H19N3O/c1-10(7-12)8-13(2)9-11(15)14-5-3-4-6-14/h10H,3-6,8-9H2,1-2H3. The van der Waals surface area contributed by atoms with Gasteiger partial charge in [-0.25, -0.2) is 0 Å². The molecule has 0 aliphatic carbocycles. The summed E-state index contributed by atoms with van der Waals surface area (Å²) in [5.41, 5.74) is 0. The normalized spacial score (nSPS) is 17.9. The molecule has 1 aliphatic rings. The molecule has 1 rings (SSSR count). The molecule has 1 saturated heterocycles. The molecule has 15 heavy (non-hydrogen) atoms. The Morgan fingerprint density at radius 2 is 2.13 bits per heavy atom. The van der Waals surface area contributed by atoms with Gasteiger partial charge in [0, 0.05) is 19.6 Å². The van der Waals surface area contributed by atoms with E-state index in [1.165, 1.54) is 0 Å². The van der Waals surface area contributed by atoms with Crippen molar-refractivity contribution in [3.63, 3.8) is 0 Å². The predicted octanol–water partition coefficient (Wildman–Crippen LogP) is 0.700. The van der Waals surface area contributed by atoms with Gasteiger partial charge in [0.15, 0.2) is 0 Å². The molecule has 1 heterocycles. The Morgan fingerprint density at radius 1 is 1.53 bits per heavy atom. The summed E-state index contributed by atoms with van der Waals surface area (Å²) < 4.78 is 0. The van der Waals surface area contributed by atoms with E-state index < -0.39 is 0 Å². The van der Waals surface area contributed by atoms with Crippen LogP contribution in [0.4, 0.5) is 0 Å². The zero-order chi connectivity index (χ0) is 11.3. The molecule has 0 aromatic rings. The van der Waals surface area contributed by atoms with E-state index in [0.29, 0.717) is 13.1 Å². The first-order valence-corrected chi connectivity index (χ1v) is 5.49. The largest absolute Gasteiger partial charge is 0.342 e. The van der Waals surface area contributed by atoms with Gasteiger partial charge in [0.1, 0.15) is 0 Å². The second-order valence-electron chi connectivity index (χ2n) is 4.31. The minimum atomic E-state index is -0.0126. The molecule has 1 amide bonds. The highest BCUT2D eigenvalue weighted by molar-refractivity contribution is 5.78. The molecule has 0 N–H and O–H groups in total. The Bertz CT molecular complexity index is 253. The number of nitrogens with zero attached hydrogens (tertiary/aromatic N) is 3. The molecular formula is C11H19N3O. The second kappa shape index (κ2) is 5.72. The van der Waals surface area contributed by atoms with Crippen LogP contribution < -0.4 is 0 Å². The molecule has 0 spiro atoms. The van der Waals surface area contributed by atoms with Crippen molar-refractivity contribution < 1.29 is 4.79 Å². The molecule has 0 aromatic carbocycles. The van der Waals surface area contributed by atoms with Crippen LogP contribution in [0.5, 0.6) is 0 Å². The third kappa shape index (κ3) is 3.88. The van der Waals surface area contributed by atoms with Gasteiger partial charge < -0.3 is 4.90 Å². The molecule has 1 fully saturated rings. The van der Waals surface area contributed by atoms with Crippen LogP contribution in [0.1, 0.15) is 19.8 Å². The van der Waals surface area contributed by atoms with E-state index in [2.05, 4.69) is 6.07 Å². The molecule has 1 unspecified atom stereocenters. The highest BCUT2D eigenvalue weighted by atomic mass is 16.2. The Labute approximate surface area is 91.5 Å². The number of likely N-dealkylation sites (N-methyl/N-ethyl adjacent to an activating group) is 1. The lowest BCUT2D eigenvalue weighted by molar-refractivity contribution is -0.131. The van der Waals surface area contributed by atoms with Crippen molar-refractivity contribution in [2.45, 2.75) is 19.8 Å². The van der Waals surface area contributed by atoms with Gasteiger partial charge in [0.05, 0.1) is 18.5 Å². The first-order valence-electron chi connectivity index (χ1n) is 5.49. The van der Waals surface area contributed by atoms with Crippen LogP contribution in [0.2, 0.25) is 0 Å². The summed E-state index contributed by atoms with van der Waals surface area (Å²) in [5, 5.41) is 8.66. The highest BCUT2D eigenvalue weighted by Gasteiger charge is 2.19. The summed E-state index contributed by atoms with van der Waals surface area (Å²) in [4.78, 5) is 15.6. The van der Waals surface area contributed by atoms with Gasteiger partial charge in [-0.2, -0.15) is 5.26 Å². The van der Waals surface area contributed by atoms with E-state index in [4.69, 9.17) is 5.26 Å². The Balaban J connectivity index is 2.28. The van der Waals surface area contributed by atoms with Crippen LogP contribution in [0.3, 0.4) is 0 Å². The fourth-order valence-electron chi connectivity index (χ4n) is 1.87. The number of rotatable bonds is 4. The third-order valence-corrected chi connectivity index (χ3v) is 2.67. The SMILES string of the molecule is CC(C#N)CN(C)CC(=O)N1CCCC1. The zero-order valence-corrected chi connectivity index (χ0v) is 9.57. The minimum Gasteiger partial charge on any atom is -0.342 e. The van der Waals surface area contributed by atoms with Gasteiger partial charge >= 0.3 is 0 Å². The van der Waals surface area contributed by atoms with Crippen LogP contribution in [0.25, 0.3) is 0 Å². The van der Waals surface area contributed by atoms with Gasteiger partial charge in [-0.05, 0) is 26.8 Å². The van der Waals surface area contributed by atoms with Crippen LogP contribution >= 0.6 is 0 Å². The van der Waals surface area contributed by atoms with Crippen LogP contribution in [-0.4, -0.2) is 48.9 Å². The number of nitriles is 1. The minimum absolute atomic E-state index is 0.0126. The summed E-state index contributed by atoms with van der Waals surface area (Å²) in [6, 6.07) is 2.17. The summed E-state index contributed by atoms with van der Waals surface area (Å²) in [5.74, 6) is 0.182. The summed E-state index contributed by atoms with van der Waals surface area (Å²) in [6.07, 6.45) is 2.26. The molecule has 4 nitrogen and oxygen atoms in total. The average Bonchev–Trinajstić information content (AvgIpc) is 2.70. The van der Waals surface area contributed by atoms with Crippen molar-refractivity contribution in [2.24, 2.45) is 5.92 Å². The summed E-state index contributed by atoms with van der Waals surface area (Å²) >= 11 is 0. The number of hydrogen-bond donors (Lipinski definition) is 0. The van der Waals surface area contributed by atoms with Crippen molar-refractivity contribution >= 4 is 5.91 Å². The zero-order valence-electron chi connectivity index (χ0n) is 9.57. The Kier molecular flexibility index (Phi) is 4.57. The number of amides is 1. The quantitative estimate of drug-likeness (QED) is 0.684. The average molecular weight is 209 g/mol. The maximum absolute atomic E-state index is 11.7. The lowest BCUT2D eigenvalue weighted by Gasteiger charge is -2.21. The third-order valence-electron chi connectivity index (χ3n) is 2.67. The number of carbonyl (C=O) groups excluding carboxylic acids is 1. The maximum atomic E-state index is 11.7. The predicted molar refractivity (Wildman–Crippen MR) is 58.1 cm³/mol. The van der Waals surface area contributed by atoms with Gasteiger partial charge in [-0.1, -0.05) is 0 Å². The first-order chi connectivity index (χ1) is 7.13. The Hall–Kier alpha value is -1.08. The van der Waals surface area contributed by atoms with Crippen molar-refractivity contribution in [2.75, 3.05) is 33.2 Å². The van der Waals surface area contributed by atoms with E-state index in [1.807, 2.05) is 23.8 Å². The van der Waals surface area contributed by atoms with Crippen molar-refractivity contribution in [1.82, 2.24) is 9.80 Å². The topological polar surface area (TPSA) is 47.3 Å². The second-order valence-corrected chi connectivity index (χ2v) is 4.31. The van der Waals surface area contributed by atoms with Gasteiger partial charge in [-0.3, -0.25) is 9.69 Å². The molecule has 0 saturated carbocycles. The van der Waals surface area contributed by atoms with Crippen molar-refractivity contribution in [3.05, 3.63) is 0 Å². The van der Waals surface area contributed by atoms with Gasteiger partial charge in [-0.15, -0.1) is 0 Å². The lowest BCUT2D eigenvalue weighted by atomic mass is 10.2. The monoisotopic (exact) mass is 209 g/mol. The molecule has 1 aliphatic heterocycles. The maximum Gasteiger partial charge on any atom is 0.236 e. The summed E-state index contributed by atoms with van der Waals surface area (Å²) in [6.45, 7) is 4.78. The van der Waals surface area contributed by atoms with E-state index >= 15 is 0 Å². The van der Waals surface area contributed by atoms with Gasteiger partial charge in [0.2, 0.25) is 5.91 Å². The summed E-state index contributed by atoms with van der Waals surface area (Å²) in [7, 11) is 1.89. The highest BCUT2D eigenvalue weighted by Crippen LogP contribution is 2.08. The molecule has 0 radical (unpaired) electrons. The number of carbonyl (C=O) groups is 1. The van der Waals surface area contributed by atoms with E-state index in [-0.39, 0.29) is 11.8 Å². The van der Waals surface area contributed by atoms with Crippen molar-refractivity contribution in [1.29, 1.82) is 5.26 Å². The fraction of sp³-hybridized carbons (Fsp3) is 0.818. The Morgan fingerprint density at radius 3 is 2.67 bits per heavy atom. The molecular weight excluding hydrogens is 190 g/mol. The lowest BCUT2D eigenvalue weighted by Crippen LogP contribution is -2.38. The van der Waals surface area contributed by atoms with E-state index in [1.54, 1.807) is 0 Å². The molecule has 84 valence electrons. The molecule has 0 bridgehead atoms. The number of likely N-dealkylation sites (tertiary alicyclic amines) is 1. The van der Waals surface area contributed by atoms with Crippen LogP contribution in [0.15, 0.2) is 0 Å². The molecule has 1 atom stereocenters. The smallest absolute Gasteiger partial charge is 0.236 e. The molecule has 0 aromatic heterocycles. The first kappa shape index (κ1) is 12.0. The van der Waals surface area contributed by atoms with Gasteiger partial charge in [0.25, 0.3) is 0 Å². The van der Waals surface area contributed by atoms with E-state index in [0.717, 1.165) is 25.9 Å². The van der Waals surface area contributed by atoms with E-state index in [9.17, 15) is 4.79 Å². The number of hydrogen-bond acceptors (Lipinski definition) is 3. The molecule has 4 heteroatoms. The van der Waals surface area contributed by atoms with Crippen LogP contribution in [-0.2, 0) is 4.79 Å². The van der Waals surface area contributed by atoms with Crippen LogP contribution in [0, 0.1) is 17.2 Å².